The molecule has 1 aromatic rings. The summed E-state index contributed by atoms with van der Waals surface area (Å²) in [5.41, 5.74) is 6.80. The van der Waals surface area contributed by atoms with Gasteiger partial charge in [-0.25, -0.2) is 0 Å². The van der Waals surface area contributed by atoms with Crippen molar-refractivity contribution in [3.63, 3.8) is 0 Å². The summed E-state index contributed by atoms with van der Waals surface area (Å²) in [7, 11) is 1.66. The predicted molar refractivity (Wildman–Crippen MR) is 81.5 cm³/mol. The zero-order chi connectivity index (χ0) is 15.2. The molecular formula is C16H27NO3. The summed E-state index contributed by atoms with van der Waals surface area (Å²) in [6.45, 7) is 9.15. The monoisotopic (exact) mass is 281 g/mol. The molecule has 4 heteroatoms. The molecule has 0 saturated carbocycles. The fourth-order valence-corrected chi connectivity index (χ4v) is 1.83. The number of methoxy groups -OCH3 is 1. The Hall–Kier alpha value is -1.26. The first kappa shape index (κ1) is 16.8. The van der Waals surface area contributed by atoms with Crippen molar-refractivity contribution in [2.24, 2.45) is 5.73 Å². The summed E-state index contributed by atoms with van der Waals surface area (Å²) < 4.78 is 16.7. The van der Waals surface area contributed by atoms with Gasteiger partial charge in [-0.3, -0.25) is 0 Å². The minimum absolute atomic E-state index is 0.0790. The van der Waals surface area contributed by atoms with E-state index < -0.39 is 0 Å². The Balaban J connectivity index is 2.63. The first-order chi connectivity index (χ1) is 9.31. The molecule has 4 nitrogen and oxygen atoms in total. The molecule has 0 aliphatic carbocycles. The molecule has 20 heavy (non-hydrogen) atoms. The molecule has 1 atom stereocenters. The molecule has 0 spiro atoms. The zero-order valence-electron chi connectivity index (χ0n) is 13.2. The number of hydrogen-bond donors (Lipinski definition) is 1. The van der Waals surface area contributed by atoms with E-state index in [1.165, 1.54) is 0 Å². The molecule has 2 N–H and O–H groups in total. The van der Waals surface area contributed by atoms with Gasteiger partial charge in [-0.2, -0.15) is 0 Å². The van der Waals surface area contributed by atoms with Gasteiger partial charge in [-0.15, -0.1) is 0 Å². The van der Waals surface area contributed by atoms with Crippen LogP contribution in [0.4, 0.5) is 0 Å². The molecule has 0 aliphatic rings. The van der Waals surface area contributed by atoms with E-state index in [4.69, 9.17) is 19.9 Å². The molecule has 0 amide bonds. The van der Waals surface area contributed by atoms with Crippen LogP contribution in [0.15, 0.2) is 18.2 Å². The second-order valence-electron chi connectivity index (χ2n) is 5.96. The van der Waals surface area contributed by atoms with Crippen molar-refractivity contribution in [2.45, 2.75) is 45.8 Å². The summed E-state index contributed by atoms with van der Waals surface area (Å²) >= 11 is 0. The molecule has 0 radical (unpaired) electrons. The van der Waals surface area contributed by atoms with Crippen LogP contribution in [0.2, 0.25) is 0 Å². The summed E-state index contributed by atoms with van der Waals surface area (Å²) in [4.78, 5) is 0. The molecule has 1 unspecified atom stereocenters. The van der Waals surface area contributed by atoms with Crippen molar-refractivity contribution in [3.8, 4) is 11.5 Å². The number of benzene rings is 1. The van der Waals surface area contributed by atoms with Crippen LogP contribution >= 0.6 is 0 Å². The Kier molecular flexibility index (Phi) is 6.30. The van der Waals surface area contributed by atoms with Crippen molar-refractivity contribution in [3.05, 3.63) is 23.8 Å². The Labute approximate surface area is 122 Å². The van der Waals surface area contributed by atoms with Gasteiger partial charge < -0.3 is 19.9 Å². The van der Waals surface area contributed by atoms with E-state index in [9.17, 15) is 0 Å². The first-order valence-electron chi connectivity index (χ1n) is 7.01. The van der Waals surface area contributed by atoms with Crippen LogP contribution in [0.5, 0.6) is 11.5 Å². The topological polar surface area (TPSA) is 53.7 Å². The molecule has 1 rings (SSSR count). The molecule has 0 heterocycles. The van der Waals surface area contributed by atoms with Gasteiger partial charge in [-0.05, 0) is 57.9 Å². The summed E-state index contributed by atoms with van der Waals surface area (Å²) in [6.07, 6.45) is 0.757. The van der Waals surface area contributed by atoms with E-state index in [1.807, 2.05) is 45.9 Å². The van der Waals surface area contributed by atoms with E-state index in [0.29, 0.717) is 13.2 Å². The third-order valence-electron chi connectivity index (χ3n) is 2.69. The largest absolute Gasteiger partial charge is 0.497 e. The van der Waals surface area contributed by atoms with Gasteiger partial charge in [0.05, 0.1) is 19.3 Å². The first-order valence-corrected chi connectivity index (χ1v) is 7.01. The smallest absolute Gasteiger partial charge is 0.122 e. The normalized spacial score (nSPS) is 13.1. The Morgan fingerprint density at radius 3 is 2.45 bits per heavy atom. The van der Waals surface area contributed by atoms with Crippen molar-refractivity contribution >= 4 is 0 Å². The molecule has 0 fully saturated rings. The van der Waals surface area contributed by atoms with Crippen molar-refractivity contribution in [1.29, 1.82) is 0 Å². The van der Waals surface area contributed by atoms with Gasteiger partial charge >= 0.3 is 0 Å². The number of ether oxygens (including phenoxy) is 3. The fraction of sp³-hybridized carbons (Fsp3) is 0.625. The van der Waals surface area contributed by atoms with Gasteiger partial charge in [0, 0.05) is 6.04 Å². The van der Waals surface area contributed by atoms with Crippen LogP contribution < -0.4 is 15.2 Å². The van der Waals surface area contributed by atoms with Gasteiger partial charge in [0.25, 0.3) is 0 Å². The maximum atomic E-state index is 5.88. The Bertz CT molecular complexity index is 411. The third-order valence-corrected chi connectivity index (χ3v) is 2.69. The average Bonchev–Trinajstić information content (AvgIpc) is 2.34. The second kappa shape index (κ2) is 7.50. The number of nitrogens with two attached hydrogens (primary N) is 1. The zero-order valence-corrected chi connectivity index (χ0v) is 13.2. The van der Waals surface area contributed by atoms with Crippen molar-refractivity contribution in [1.82, 2.24) is 0 Å². The summed E-state index contributed by atoms with van der Waals surface area (Å²) in [5, 5.41) is 0. The molecular weight excluding hydrogens is 254 g/mol. The van der Waals surface area contributed by atoms with E-state index in [2.05, 4.69) is 0 Å². The molecule has 0 aromatic heterocycles. The molecule has 114 valence electrons. The number of rotatable bonds is 7. The average molecular weight is 281 g/mol. The fourth-order valence-electron chi connectivity index (χ4n) is 1.83. The van der Waals surface area contributed by atoms with E-state index >= 15 is 0 Å². The van der Waals surface area contributed by atoms with Crippen molar-refractivity contribution in [2.75, 3.05) is 20.3 Å². The van der Waals surface area contributed by atoms with Gasteiger partial charge in [0.15, 0.2) is 0 Å². The molecule has 0 bridgehead atoms. The highest BCUT2D eigenvalue weighted by Crippen LogP contribution is 2.25. The standard InChI is InChI=1S/C16H27NO3/c1-12(17)10-13-11-14(18-5)6-7-15(13)19-8-9-20-16(2,3)4/h6-7,11-12H,8-10,17H2,1-5H3. The Morgan fingerprint density at radius 1 is 1.20 bits per heavy atom. The second-order valence-corrected chi connectivity index (χ2v) is 5.96. The van der Waals surface area contributed by atoms with Gasteiger partial charge in [-0.1, -0.05) is 0 Å². The quantitative estimate of drug-likeness (QED) is 0.781. The minimum atomic E-state index is -0.141. The third kappa shape index (κ3) is 6.26. The highest BCUT2D eigenvalue weighted by atomic mass is 16.5. The van der Waals surface area contributed by atoms with E-state index in [1.54, 1.807) is 7.11 Å². The van der Waals surface area contributed by atoms with Crippen LogP contribution in [0.1, 0.15) is 33.3 Å². The summed E-state index contributed by atoms with van der Waals surface area (Å²) in [6, 6.07) is 5.87. The van der Waals surface area contributed by atoms with Crippen LogP contribution in [0, 0.1) is 0 Å². The molecule has 0 aliphatic heterocycles. The van der Waals surface area contributed by atoms with Crippen LogP contribution in [0.25, 0.3) is 0 Å². The lowest BCUT2D eigenvalue weighted by atomic mass is 10.1. The lowest BCUT2D eigenvalue weighted by Crippen LogP contribution is -2.23. The summed E-state index contributed by atoms with van der Waals surface area (Å²) in [5.74, 6) is 1.67. The lowest BCUT2D eigenvalue weighted by molar-refractivity contribution is -0.0164. The highest BCUT2D eigenvalue weighted by Gasteiger charge is 2.11. The van der Waals surface area contributed by atoms with Crippen LogP contribution in [-0.2, 0) is 11.2 Å². The highest BCUT2D eigenvalue weighted by molar-refractivity contribution is 5.40. The Morgan fingerprint density at radius 2 is 1.90 bits per heavy atom. The maximum Gasteiger partial charge on any atom is 0.122 e. The van der Waals surface area contributed by atoms with Gasteiger partial charge in [0.1, 0.15) is 18.1 Å². The SMILES string of the molecule is COc1ccc(OCCOC(C)(C)C)c(CC(C)N)c1. The molecule has 1 aromatic carbocycles. The number of hydrogen-bond acceptors (Lipinski definition) is 4. The van der Waals surface area contributed by atoms with E-state index in [0.717, 1.165) is 23.5 Å². The van der Waals surface area contributed by atoms with Crippen LogP contribution in [0.3, 0.4) is 0 Å². The molecule has 0 saturated heterocycles. The lowest BCUT2D eigenvalue weighted by Gasteiger charge is -2.20. The maximum absolute atomic E-state index is 5.88. The van der Waals surface area contributed by atoms with E-state index in [-0.39, 0.29) is 11.6 Å². The predicted octanol–water partition coefficient (Wildman–Crippen LogP) is 2.78. The van der Waals surface area contributed by atoms with Crippen LogP contribution in [-0.4, -0.2) is 32.0 Å². The van der Waals surface area contributed by atoms with Gasteiger partial charge in [0.2, 0.25) is 0 Å². The van der Waals surface area contributed by atoms with Crippen molar-refractivity contribution < 1.29 is 14.2 Å². The minimum Gasteiger partial charge on any atom is -0.497 e.